The number of aryl methyl sites for hydroxylation is 1. The fourth-order valence-corrected chi connectivity index (χ4v) is 2.89. The first-order chi connectivity index (χ1) is 9.29. The van der Waals surface area contributed by atoms with E-state index in [1.54, 1.807) is 0 Å². The normalized spacial score (nSPS) is 21.9. The molecule has 1 aromatic rings. The predicted octanol–water partition coefficient (Wildman–Crippen LogP) is 3.25. The van der Waals surface area contributed by atoms with Crippen molar-refractivity contribution in [3.8, 4) is 0 Å². The summed E-state index contributed by atoms with van der Waals surface area (Å²) < 4.78 is 43.7. The number of hydrogen-bond acceptors (Lipinski definition) is 3. The average Bonchev–Trinajstić information content (AvgIpc) is 2.75. The van der Waals surface area contributed by atoms with E-state index >= 15 is 0 Å². The van der Waals surface area contributed by atoms with Gasteiger partial charge in [-0.15, -0.1) is 0 Å². The van der Waals surface area contributed by atoms with E-state index in [1.807, 2.05) is 30.9 Å². The quantitative estimate of drug-likeness (QED) is 0.929. The molecule has 0 radical (unpaired) electrons. The van der Waals surface area contributed by atoms with Gasteiger partial charge in [0.15, 0.2) is 0 Å². The van der Waals surface area contributed by atoms with Crippen LogP contribution in [0.5, 0.6) is 0 Å². The Morgan fingerprint density at radius 3 is 2.30 bits per heavy atom. The number of likely N-dealkylation sites (tertiary alicyclic amines) is 1. The lowest BCUT2D eigenvalue weighted by molar-refractivity contribution is -0.186. The van der Waals surface area contributed by atoms with Crippen molar-refractivity contribution in [2.45, 2.75) is 44.9 Å². The van der Waals surface area contributed by atoms with E-state index < -0.39 is 12.1 Å². The predicted molar refractivity (Wildman–Crippen MR) is 70.2 cm³/mol. The van der Waals surface area contributed by atoms with Gasteiger partial charge in [0.1, 0.15) is 11.5 Å². The highest BCUT2D eigenvalue weighted by atomic mass is 19.4. The van der Waals surface area contributed by atoms with Crippen molar-refractivity contribution in [2.24, 2.45) is 11.7 Å². The largest absolute Gasteiger partial charge is 0.465 e. The van der Waals surface area contributed by atoms with Gasteiger partial charge in [0.05, 0.1) is 12.0 Å². The van der Waals surface area contributed by atoms with Gasteiger partial charge < -0.3 is 10.2 Å². The van der Waals surface area contributed by atoms with E-state index in [0.29, 0.717) is 13.1 Å². The molecule has 0 amide bonds. The highest BCUT2D eigenvalue weighted by molar-refractivity contribution is 5.12. The Kier molecular flexibility index (Phi) is 4.44. The molecule has 0 aromatic carbocycles. The molecule has 0 spiro atoms. The Morgan fingerprint density at radius 2 is 1.90 bits per heavy atom. The first-order valence-electron chi connectivity index (χ1n) is 6.91. The van der Waals surface area contributed by atoms with Gasteiger partial charge in [0, 0.05) is 6.04 Å². The van der Waals surface area contributed by atoms with Crippen molar-refractivity contribution in [3.63, 3.8) is 0 Å². The average molecular weight is 290 g/mol. The third-order valence-corrected chi connectivity index (χ3v) is 3.94. The summed E-state index contributed by atoms with van der Waals surface area (Å²) in [7, 11) is 0. The van der Waals surface area contributed by atoms with Gasteiger partial charge >= 0.3 is 6.18 Å². The molecule has 6 heteroatoms. The van der Waals surface area contributed by atoms with Crippen molar-refractivity contribution >= 4 is 0 Å². The maximum Gasteiger partial charge on any atom is 0.391 e. The van der Waals surface area contributed by atoms with E-state index in [1.165, 1.54) is 0 Å². The van der Waals surface area contributed by atoms with E-state index in [0.717, 1.165) is 11.5 Å². The molecule has 1 saturated heterocycles. The van der Waals surface area contributed by atoms with Gasteiger partial charge in [-0.3, -0.25) is 4.90 Å². The Bertz CT molecular complexity index is 434. The molecule has 20 heavy (non-hydrogen) atoms. The number of rotatable bonds is 3. The summed E-state index contributed by atoms with van der Waals surface area (Å²) in [5, 5.41) is 0. The number of nitrogens with two attached hydrogens (primary N) is 1. The van der Waals surface area contributed by atoms with Gasteiger partial charge in [0.25, 0.3) is 0 Å². The molecule has 2 N–H and O–H groups in total. The standard InChI is InChI=1S/C14H21F3N2O/c1-9-3-4-12(20-9)13(10(2)18)19-7-5-11(6-8-19)14(15,16)17/h3-4,10-11,13H,5-8,18H2,1-2H3. The summed E-state index contributed by atoms with van der Waals surface area (Å²) in [6.07, 6.45) is -3.82. The molecule has 2 unspecified atom stereocenters. The SMILES string of the molecule is Cc1ccc(C(C(C)N)N2CCC(C(F)(F)F)CC2)o1. The smallest absolute Gasteiger partial charge is 0.391 e. The summed E-state index contributed by atoms with van der Waals surface area (Å²) >= 11 is 0. The molecule has 1 aliphatic rings. The topological polar surface area (TPSA) is 42.4 Å². The highest BCUT2D eigenvalue weighted by Gasteiger charge is 2.42. The van der Waals surface area contributed by atoms with E-state index in [9.17, 15) is 13.2 Å². The Labute approximate surface area is 116 Å². The van der Waals surface area contributed by atoms with Crippen LogP contribution in [0.2, 0.25) is 0 Å². The van der Waals surface area contributed by atoms with Gasteiger partial charge in [0.2, 0.25) is 0 Å². The second-order valence-corrected chi connectivity index (χ2v) is 5.60. The number of nitrogens with zero attached hydrogens (tertiary/aromatic N) is 1. The fourth-order valence-electron chi connectivity index (χ4n) is 2.89. The minimum Gasteiger partial charge on any atom is -0.465 e. The van der Waals surface area contributed by atoms with Crippen molar-refractivity contribution in [1.82, 2.24) is 4.90 Å². The van der Waals surface area contributed by atoms with Crippen LogP contribution < -0.4 is 5.73 Å². The summed E-state index contributed by atoms with van der Waals surface area (Å²) in [5.41, 5.74) is 6.01. The molecule has 2 atom stereocenters. The van der Waals surface area contributed by atoms with Gasteiger partial charge in [-0.25, -0.2) is 0 Å². The van der Waals surface area contributed by atoms with Crippen LogP contribution in [0.25, 0.3) is 0 Å². The van der Waals surface area contributed by atoms with Crippen molar-refractivity contribution < 1.29 is 17.6 Å². The van der Waals surface area contributed by atoms with Crippen LogP contribution >= 0.6 is 0 Å². The van der Waals surface area contributed by atoms with Crippen LogP contribution in [-0.4, -0.2) is 30.2 Å². The number of halogens is 3. The van der Waals surface area contributed by atoms with Gasteiger partial charge in [-0.2, -0.15) is 13.2 Å². The molecular formula is C14H21F3N2O. The molecule has 3 nitrogen and oxygen atoms in total. The molecule has 0 saturated carbocycles. The lowest BCUT2D eigenvalue weighted by Crippen LogP contribution is -2.45. The van der Waals surface area contributed by atoms with Gasteiger partial charge in [-0.1, -0.05) is 0 Å². The number of piperidine rings is 1. The molecular weight excluding hydrogens is 269 g/mol. The minimum absolute atomic E-state index is 0.131. The van der Waals surface area contributed by atoms with E-state index in [4.69, 9.17) is 10.2 Å². The second kappa shape index (κ2) is 5.77. The summed E-state index contributed by atoms with van der Waals surface area (Å²) in [4.78, 5) is 2.01. The Hall–Kier alpha value is -1.01. The van der Waals surface area contributed by atoms with Crippen molar-refractivity contribution in [1.29, 1.82) is 0 Å². The van der Waals surface area contributed by atoms with E-state index in [-0.39, 0.29) is 24.9 Å². The zero-order valence-electron chi connectivity index (χ0n) is 11.8. The van der Waals surface area contributed by atoms with Crippen LogP contribution in [-0.2, 0) is 0 Å². The summed E-state index contributed by atoms with van der Waals surface area (Å²) in [6, 6.07) is 3.37. The number of furan rings is 1. The molecule has 114 valence electrons. The molecule has 1 fully saturated rings. The molecule has 0 bridgehead atoms. The minimum atomic E-state index is -4.09. The molecule has 1 aliphatic heterocycles. The first-order valence-corrected chi connectivity index (χ1v) is 6.91. The Balaban J connectivity index is 2.06. The van der Waals surface area contributed by atoms with Crippen molar-refractivity contribution in [2.75, 3.05) is 13.1 Å². The molecule has 2 heterocycles. The molecule has 1 aromatic heterocycles. The highest BCUT2D eigenvalue weighted by Crippen LogP contribution is 2.37. The lowest BCUT2D eigenvalue weighted by Gasteiger charge is -2.38. The third kappa shape index (κ3) is 3.35. The maximum absolute atomic E-state index is 12.7. The van der Waals surface area contributed by atoms with Crippen LogP contribution in [0.3, 0.4) is 0 Å². The maximum atomic E-state index is 12.7. The fraction of sp³-hybridized carbons (Fsp3) is 0.714. The molecule has 2 rings (SSSR count). The molecule has 0 aliphatic carbocycles. The van der Waals surface area contributed by atoms with Gasteiger partial charge in [-0.05, 0) is 51.9 Å². The summed E-state index contributed by atoms with van der Waals surface area (Å²) in [6.45, 7) is 4.50. The second-order valence-electron chi connectivity index (χ2n) is 5.60. The van der Waals surface area contributed by atoms with Crippen LogP contribution in [0.15, 0.2) is 16.5 Å². The van der Waals surface area contributed by atoms with Crippen LogP contribution in [0.4, 0.5) is 13.2 Å². The zero-order chi connectivity index (χ0) is 14.9. The van der Waals surface area contributed by atoms with Crippen LogP contribution in [0, 0.1) is 12.8 Å². The number of alkyl halides is 3. The third-order valence-electron chi connectivity index (χ3n) is 3.94. The summed E-state index contributed by atoms with van der Waals surface area (Å²) in [5.74, 6) is 0.338. The van der Waals surface area contributed by atoms with Crippen LogP contribution in [0.1, 0.15) is 37.3 Å². The number of hydrogen-bond donors (Lipinski definition) is 1. The monoisotopic (exact) mass is 290 g/mol. The zero-order valence-corrected chi connectivity index (χ0v) is 11.8. The van der Waals surface area contributed by atoms with E-state index in [2.05, 4.69) is 0 Å². The first kappa shape index (κ1) is 15.4. The Morgan fingerprint density at radius 1 is 1.30 bits per heavy atom. The lowest BCUT2D eigenvalue weighted by atomic mass is 9.93. The van der Waals surface area contributed by atoms with Crippen molar-refractivity contribution in [3.05, 3.63) is 23.7 Å².